The Morgan fingerprint density at radius 2 is 1.97 bits per heavy atom. The van der Waals surface area contributed by atoms with E-state index in [1.165, 1.54) is 12.2 Å². The SMILES string of the molecule is CCC(=O)O[C@@H]1C[C@@]2(C)[C@H](C[C@@H](C)[C@]2(O)C(=O)CO)[C@H]2CCC3=CC(=O)C=C[C@]3(C)[C@]21F. The zero-order valence-electron chi connectivity index (χ0n) is 19.2. The van der Waals surface area contributed by atoms with Crippen molar-refractivity contribution in [3.05, 3.63) is 23.8 Å². The molecule has 4 aliphatic carbocycles. The Morgan fingerprint density at radius 1 is 1.28 bits per heavy atom. The lowest BCUT2D eigenvalue weighted by atomic mass is 9.44. The maximum atomic E-state index is 17.6. The molecule has 0 amide bonds. The van der Waals surface area contributed by atoms with E-state index in [1.807, 2.05) is 0 Å². The van der Waals surface area contributed by atoms with Crippen LogP contribution in [0.4, 0.5) is 4.39 Å². The lowest BCUT2D eigenvalue weighted by Gasteiger charge is -2.63. The minimum Gasteiger partial charge on any atom is -0.459 e. The van der Waals surface area contributed by atoms with Crippen LogP contribution in [-0.2, 0) is 19.1 Å². The number of aliphatic hydroxyl groups is 2. The number of ether oxygens (including phenoxy) is 1. The molecular formula is C25H33FO6. The number of carbonyl (C=O) groups excluding carboxylic acids is 3. The summed E-state index contributed by atoms with van der Waals surface area (Å²) in [6, 6.07) is 0. The predicted octanol–water partition coefficient (Wildman–Crippen LogP) is 2.86. The van der Waals surface area contributed by atoms with Gasteiger partial charge in [-0.25, -0.2) is 4.39 Å². The van der Waals surface area contributed by atoms with E-state index in [0.29, 0.717) is 24.8 Å². The summed E-state index contributed by atoms with van der Waals surface area (Å²) in [7, 11) is 0. The number of aliphatic hydroxyl groups excluding tert-OH is 1. The van der Waals surface area contributed by atoms with E-state index < -0.39 is 58.4 Å². The first-order valence-electron chi connectivity index (χ1n) is 11.6. The van der Waals surface area contributed by atoms with Gasteiger partial charge in [-0.3, -0.25) is 14.4 Å². The topological polar surface area (TPSA) is 101 Å². The fourth-order valence-corrected chi connectivity index (χ4v) is 7.59. The van der Waals surface area contributed by atoms with Crippen LogP contribution in [-0.4, -0.2) is 51.7 Å². The van der Waals surface area contributed by atoms with E-state index in [1.54, 1.807) is 33.8 Å². The van der Waals surface area contributed by atoms with Crippen LogP contribution in [0.1, 0.15) is 59.8 Å². The second-order valence-electron chi connectivity index (χ2n) is 10.6. The molecule has 0 aliphatic heterocycles. The molecule has 4 rings (SSSR count). The number of allylic oxidation sites excluding steroid dienone is 4. The average molecular weight is 449 g/mol. The fourth-order valence-electron chi connectivity index (χ4n) is 7.59. The van der Waals surface area contributed by atoms with Gasteiger partial charge in [0.1, 0.15) is 18.3 Å². The molecule has 0 aromatic rings. The maximum Gasteiger partial charge on any atom is 0.305 e. The zero-order valence-corrected chi connectivity index (χ0v) is 19.2. The zero-order chi connectivity index (χ0) is 23.7. The van der Waals surface area contributed by atoms with Crippen molar-refractivity contribution in [2.24, 2.45) is 28.6 Å². The van der Waals surface area contributed by atoms with Gasteiger partial charge in [0.05, 0.1) is 0 Å². The molecule has 32 heavy (non-hydrogen) atoms. The molecule has 0 aromatic heterocycles. The third-order valence-electron chi connectivity index (χ3n) is 9.33. The van der Waals surface area contributed by atoms with Gasteiger partial charge in [0, 0.05) is 23.2 Å². The highest BCUT2D eigenvalue weighted by molar-refractivity contribution is 6.01. The molecule has 0 aromatic carbocycles. The Bertz CT molecular complexity index is 925. The number of esters is 1. The highest BCUT2D eigenvalue weighted by Gasteiger charge is 2.76. The van der Waals surface area contributed by atoms with Gasteiger partial charge in [-0.15, -0.1) is 0 Å². The van der Waals surface area contributed by atoms with Gasteiger partial charge < -0.3 is 14.9 Å². The molecular weight excluding hydrogens is 415 g/mol. The Kier molecular flexibility index (Phi) is 5.33. The highest BCUT2D eigenvalue weighted by atomic mass is 19.1. The molecule has 176 valence electrons. The van der Waals surface area contributed by atoms with Gasteiger partial charge in [-0.05, 0) is 56.6 Å². The molecule has 0 spiro atoms. The maximum absolute atomic E-state index is 17.6. The van der Waals surface area contributed by atoms with E-state index in [4.69, 9.17) is 4.74 Å². The van der Waals surface area contributed by atoms with Crippen molar-refractivity contribution in [2.75, 3.05) is 6.61 Å². The first kappa shape index (κ1) is 23.3. The van der Waals surface area contributed by atoms with Crippen LogP contribution in [0.5, 0.6) is 0 Å². The van der Waals surface area contributed by atoms with Crippen LogP contribution >= 0.6 is 0 Å². The fraction of sp³-hybridized carbons (Fsp3) is 0.720. The minimum atomic E-state index is -1.99. The summed E-state index contributed by atoms with van der Waals surface area (Å²) in [6.45, 7) is 6.12. The summed E-state index contributed by atoms with van der Waals surface area (Å²) in [5.41, 5.74) is -5.32. The highest BCUT2D eigenvalue weighted by Crippen LogP contribution is 2.71. The van der Waals surface area contributed by atoms with E-state index in [-0.39, 0.29) is 24.5 Å². The van der Waals surface area contributed by atoms with Crippen LogP contribution in [0, 0.1) is 28.6 Å². The normalized spacial score (nSPS) is 47.2. The summed E-state index contributed by atoms with van der Waals surface area (Å²) >= 11 is 0. The third-order valence-corrected chi connectivity index (χ3v) is 9.33. The predicted molar refractivity (Wildman–Crippen MR) is 114 cm³/mol. The van der Waals surface area contributed by atoms with Crippen LogP contribution in [0.25, 0.3) is 0 Å². The van der Waals surface area contributed by atoms with Crippen molar-refractivity contribution in [1.29, 1.82) is 0 Å². The number of fused-ring (bicyclic) bond motifs is 5. The van der Waals surface area contributed by atoms with Crippen molar-refractivity contribution in [2.45, 2.75) is 77.2 Å². The first-order chi connectivity index (χ1) is 14.9. The standard InChI is InChI=1S/C25H33FO6/c1-5-21(30)32-20-12-23(4)18(10-14(2)25(23,31)19(29)13-27)17-7-6-15-11-16(28)8-9-22(15,3)24(17,20)26/h8-9,11,14,17-18,20,27,31H,5-7,10,12-13H2,1-4H3/t14-,17-,18-,20-,22+,23+,24+,25+/m1/s1. The van der Waals surface area contributed by atoms with Gasteiger partial charge >= 0.3 is 5.97 Å². The molecule has 8 atom stereocenters. The first-order valence-corrected chi connectivity index (χ1v) is 11.6. The Hall–Kier alpha value is -1.86. The van der Waals surface area contributed by atoms with Crippen molar-refractivity contribution < 1.29 is 33.7 Å². The molecule has 0 bridgehead atoms. The number of hydrogen-bond acceptors (Lipinski definition) is 6. The van der Waals surface area contributed by atoms with Crippen molar-refractivity contribution >= 4 is 17.5 Å². The number of Topliss-reactive ketones (excluding diaryl/α,β-unsaturated/α-hetero) is 1. The molecule has 0 saturated heterocycles. The van der Waals surface area contributed by atoms with Gasteiger partial charge in [-0.2, -0.15) is 0 Å². The number of hydrogen-bond donors (Lipinski definition) is 2. The number of halogens is 1. The Morgan fingerprint density at radius 3 is 2.59 bits per heavy atom. The van der Waals surface area contributed by atoms with Crippen LogP contribution in [0.15, 0.2) is 23.8 Å². The van der Waals surface area contributed by atoms with E-state index >= 15 is 4.39 Å². The third kappa shape index (κ3) is 2.67. The number of rotatable bonds is 4. The van der Waals surface area contributed by atoms with Crippen LogP contribution in [0.2, 0.25) is 0 Å². The Balaban J connectivity index is 1.89. The lowest BCUT2D eigenvalue weighted by molar-refractivity contribution is -0.230. The quantitative estimate of drug-likeness (QED) is 0.642. The average Bonchev–Trinajstić information content (AvgIpc) is 2.96. The summed E-state index contributed by atoms with van der Waals surface area (Å²) in [6.07, 6.45) is 4.69. The number of alkyl halides is 1. The molecule has 4 aliphatic rings. The minimum absolute atomic E-state index is 0.0341. The molecule has 6 nitrogen and oxygen atoms in total. The summed E-state index contributed by atoms with van der Waals surface area (Å²) < 4.78 is 23.3. The summed E-state index contributed by atoms with van der Waals surface area (Å²) in [5.74, 6) is -2.81. The lowest BCUT2D eigenvalue weighted by Crippen LogP contribution is -2.70. The molecule has 0 radical (unpaired) electrons. The van der Waals surface area contributed by atoms with Crippen LogP contribution < -0.4 is 0 Å². The smallest absolute Gasteiger partial charge is 0.305 e. The van der Waals surface area contributed by atoms with Crippen molar-refractivity contribution in [1.82, 2.24) is 0 Å². The monoisotopic (exact) mass is 448 g/mol. The Labute approximate surface area is 187 Å². The number of ketones is 2. The second-order valence-corrected chi connectivity index (χ2v) is 10.6. The van der Waals surface area contributed by atoms with Gasteiger partial charge in [0.25, 0.3) is 0 Å². The van der Waals surface area contributed by atoms with E-state index in [9.17, 15) is 24.6 Å². The summed E-state index contributed by atoms with van der Waals surface area (Å²) in [4.78, 5) is 37.2. The van der Waals surface area contributed by atoms with Crippen molar-refractivity contribution in [3.63, 3.8) is 0 Å². The molecule has 0 heterocycles. The molecule has 0 unspecified atom stereocenters. The van der Waals surface area contributed by atoms with E-state index in [0.717, 1.165) is 0 Å². The number of carbonyl (C=O) groups is 3. The van der Waals surface area contributed by atoms with Gasteiger partial charge in [-0.1, -0.05) is 32.4 Å². The largest absolute Gasteiger partial charge is 0.459 e. The van der Waals surface area contributed by atoms with Crippen molar-refractivity contribution in [3.8, 4) is 0 Å². The van der Waals surface area contributed by atoms with E-state index in [2.05, 4.69) is 0 Å². The van der Waals surface area contributed by atoms with Crippen LogP contribution in [0.3, 0.4) is 0 Å². The molecule has 2 N–H and O–H groups in total. The molecule has 7 heteroatoms. The van der Waals surface area contributed by atoms with Gasteiger partial charge in [0.2, 0.25) is 0 Å². The second kappa shape index (κ2) is 7.32. The van der Waals surface area contributed by atoms with Gasteiger partial charge in [0.15, 0.2) is 17.2 Å². The molecule has 3 saturated carbocycles. The summed E-state index contributed by atoms with van der Waals surface area (Å²) in [5, 5.41) is 21.3. The molecule has 3 fully saturated rings.